The van der Waals surface area contributed by atoms with Crippen molar-refractivity contribution in [2.45, 2.75) is 39.2 Å². The smallest absolute Gasteiger partial charge is 0.348 e. The summed E-state index contributed by atoms with van der Waals surface area (Å²) < 4.78 is 0. The quantitative estimate of drug-likeness (QED) is 0.500. The van der Waals surface area contributed by atoms with E-state index in [0.717, 1.165) is 0 Å². The molecule has 8 heteroatoms. The second kappa shape index (κ2) is 5.66. The third kappa shape index (κ3) is 4.00. The van der Waals surface area contributed by atoms with Gasteiger partial charge in [-0.05, 0) is 6.92 Å². The molecule has 0 saturated carbocycles. The molecule has 106 valence electrons. The van der Waals surface area contributed by atoms with Crippen molar-refractivity contribution in [3.05, 3.63) is 21.1 Å². The van der Waals surface area contributed by atoms with Crippen molar-refractivity contribution in [2.24, 2.45) is 0 Å². The Kier molecular flexibility index (Phi) is 4.65. The fourth-order valence-electron chi connectivity index (χ4n) is 1.29. The minimum absolute atomic E-state index is 0.0239. The molecule has 1 aromatic heterocycles. The van der Waals surface area contributed by atoms with Crippen LogP contribution in [0.4, 0.5) is 11.5 Å². The summed E-state index contributed by atoms with van der Waals surface area (Å²) in [5, 5.41) is 22.7. The second-order valence-corrected chi connectivity index (χ2v) is 5.63. The van der Waals surface area contributed by atoms with Crippen LogP contribution in [0.1, 0.15) is 33.5 Å². The Bertz CT molecular complexity index is 486. The Labute approximate surface area is 116 Å². The molecule has 0 amide bonds. The van der Waals surface area contributed by atoms with Crippen molar-refractivity contribution in [3.63, 3.8) is 0 Å². The first-order valence-electron chi connectivity index (χ1n) is 5.77. The third-order valence-electron chi connectivity index (χ3n) is 2.26. The average molecular weight is 289 g/mol. The molecule has 1 rings (SSSR count). The van der Waals surface area contributed by atoms with Crippen LogP contribution in [-0.4, -0.2) is 32.6 Å². The highest BCUT2D eigenvalue weighted by Gasteiger charge is 2.27. The van der Waals surface area contributed by atoms with E-state index in [1.807, 2.05) is 20.8 Å². The van der Waals surface area contributed by atoms with E-state index in [0.29, 0.717) is 5.82 Å². The summed E-state index contributed by atoms with van der Waals surface area (Å²) in [4.78, 5) is 18.4. The van der Waals surface area contributed by atoms with E-state index in [9.17, 15) is 15.2 Å². The molecule has 0 aromatic carbocycles. The van der Waals surface area contributed by atoms with Gasteiger partial charge in [0.05, 0.1) is 11.0 Å². The lowest BCUT2D eigenvalue weighted by Gasteiger charge is -2.18. The lowest BCUT2D eigenvalue weighted by molar-refractivity contribution is -0.384. The number of rotatable bonds is 4. The van der Waals surface area contributed by atoms with Gasteiger partial charge >= 0.3 is 5.69 Å². The molecule has 19 heavy (non-hydrogen) atoms. The maximum Gasteiger partial charge on any atom is 0.348 e. The number of anilines is 1. The van der Waals surface area contributed by atoms with Crippen LogP contribution in [0.5, 0.6) is 0 Å². The van der Waals surface area contributed by atoms with Crippen LogP contribution in [0.25, 0.3) is 0 Å². The highest BCUT2D eigenvalue weighted by molar-refractivity contribution is 6.31. The molecule has 0 radical (unpaired) electrons. The molecule has 0 aliphatic heterocycles. The first-order chi connectivity index (χ1) is 8.62. The normalized spacial score (nSPS) is 13.2. The van der Waals surface area contributed by atoms with Crippen molar-refractivity contribution in [1.29, 1.82) is 0 Å². The van der Waals surface area contributed by atoms with E-state index in [2.05, 4.69) is 15.3 Å². The lowest BCUT2D eigenvalue weighted by Crippen LogP contribution is -2.21. The highest BCUT2D eigenvalue weighted by Crippen LogP contribution is 2.32. The molecule has 0 aliphatic carbocycles. The fraction of sp³-hybridized carbons (Fsp3) is 0.636. The van der Waals surface area contributed by atoms with Crippen molar-refractivity contribution >= 4 is 23.1 Å². The van der Waals surface area contributed by atoms with Gasteiger partial charge in [0.15, 0.2) is 0 Å². The number of aliphatic hydroxyl groups is 1. The Hall–Kier alpha value is -1.47. The van der Waals surface area contributed by atoms with E-state index in [-0.39, 0.29) is 28.6 Å². The highest BCUT2D eigenvalue weighted by atomic mass is 35.5. The Morgan fingerprint density at radius 1 is 1.47 bits per heavy atom. The summed E-state index contributed by atoms with van der Waals surface area (Å²) in [7, 11) is 0. The molecule has 1 heterocycles. The minimum Gasteiger partial charge on any atom is -0.392 e. The van der Waals surface area contributed by atoms with Crippen molar-refractivity contribution in [2.75, 3.05) is 11.9 Å². The predicted molar refractivity (Wildman–Crippen MR) is 72.6 cm³/mol. The van der Waals surface area contributed by atoms with Crippen LogP contribution in [0.3, 0.4) is 0 Å². The van der Waals surface area contributed by atoms with Crippen LogP contribution >= 0.6 is 11.6 Å². The van der Waals surface area contributed by atoms with Gasteiger partial charge in [0.1, 0.15) is 5.82 Å². The molecule has 2 N–H and O–H groups in total. The number of aliphatic hydroxyl groups excluding tert-OH is 1. The number of nitro groups is 1. The molecule has 1 aromatic rings. The monoisotopic (exact) mass is 288 g/mol. The van der Waals surface area contributed by atoms with Crippen molar-refractivity contribution in [3.8, 4) is 0 Å². The van der Waals surface area contributed by atoms with Crippen LogP contribution < -0.4 is 5.32 Å². The number of aromatic nitrogens is 2. The Morgan fingerprint density at radius 2 is 2.05 bits per heavy atom. The van der Waals surface area contributed by atoms with Gasteiger partial charge in [-0.1, -0.05) is 32.4 Å². The standard InChI is InChI=1S/C11H17ClN4O3/c1-6(17)5-13-9-7(16(18)19)8(12)14-10(15-9)11(2,3)4/h6,17H,5H2,1-4H3,(H,13,14,15). The SMILES string of the molecule is CC(O)CNc1nc(C(C)(C)C)nc(Cl)c1[N+](=O)[O-]. The van der Waals surface area contributed by atoms with Gasteiger partial charge < -0.3 is 10.4 Å². The summed E-state index contributed by atoms with van der Waals surface area (Å²) >= 11 is 5.86. The number of nitrogens with one attached hydrogen (secondary N) is 1. The lowest BCUT2D eigenvalue weighted by atomic mass is 9.96. The van der Waals surface area contributed by atoms with Gasteiger partial charge in [-0.3, -0.25) is 10.1 Å². The van der Waals surface area contributed by atoms with Crippen LogP contribution in [-0.2, 0) is 5.41 Å². The summed E-state index contributed by atoms with van der Waals surface area (Å²) in [5.74, 6) is 0.423. The van der Waals surface area contributed by atoms with Crippen molar-refractivity contribution < 1.29 is 10.0 Å². The maximum atomic E-state index is 11.0. The van der Waals surface area contributed by atoms with Crippen LogP contribution in [0, 0.1) is 10.1 Å². The Balaban J connectivity index is 3.29. The van der Waals surface area contributed by atoms with Crippen molar-refractivity contribution in [1.82, 2.24) is 9.97 Å². The minimum atomic E-state index is -0.661. The molecule has 1 unspecified atom stereocenters. The summed E-state index contributed by atoms with van der Waals surface area (Å²) in [5.41, 5.74) is -0.768. The zero-order chi connectivity index (χ0) is 14.8. The number of nitrogens with zero attached hydrogens (tertiary/aromatic N) is 3. The van der Waals surface area contributed by atoms with Gasteiger partial charge in [-0.15, -0.1) is 0 Å². The molecular weight excluding hydrogens is 272 g/mol. The van der Waals surface area contributed by atoms with Crippen LogP contribution in [0.15, 0.2) is 0 Å². The molecule has 0 spiro atoms. The average Bonchev–Trinajstić information content (AvgIpc) is 2.23. The van der Waals surface area contributed by atoms with E-state index < -0.39 is 11.0 Å². The van der Waals surface area contributed by atoms with Gasteiger partial charge in [0.25, 0.3) is 0 Å². The molecule has 0 fully saturated rings. The van der Waals surface area contributed by atoms with E-state index in [1.165, 1.54) is 0 Å². The van der Waals surface area contributed by atoms with Gasteiger partial charge in [0, 0.05) is 12.0 Å². The summed E-state index contributed by atoms with van der Waals surface area (Å²) in [6.45, 7) is 7.33. The van der Waals surface area contributed by atoms with Gasteiger partial charge in [0.2, 0.25) is 11.0 Å². The van der Waals surface area contributed by atoms with Gasteiger partial charge in [-0.25, -0.2) is 9.97 Å². The molecule has 7 nitrogen and oxygen atoms in total. The van der Waals surface area contributed by atoms with E-state index in [1.54, 1.807) is 6.92 Å². The fourth-order valence-corrected chi connectivity index (χ4v) is 1.53. The largest absolute Gasteiger partial charge is 0.392 e. The van der Waals surface area contributed by atoms with Crippen LogP contribution in [0.2, 0.25) is 5.15 Å². The van der Waals surface area contributed by atoms with E-state index in [4.69, 9.17) is 11.6 Å². The topological polar surface area (TPSA) is 101 Å². The number of halogens is 1. The third-order valence-corrected chi connectivity index (χ3v) is 2.52. The molecule has 0 aliphatic rings. The zero-order valence-electron chi connectivity index (χ0n) is 11.3. The van der Waals surface area contributed by atoms with E-state index >= 15 is 0 Å². The molecule has 1 atom stereocenters. The van der Waals surface area contributed by atoms with Gasteiger partial charge in [-0.2, -0.15) is 0 Å². The maximum absolute atomic E-state index is 11.0. The molecular formula is C11H17ClN4O3. The summed E-state index contributed by atoms with van der Waals surface area (Å²) in [6.07, 6.45) is -0.661. The summed E-state index contributed by atoms with van der Waals surface area (Å²) in [6, 6.07) is 0. The first kappa shape index (κ1) is 15.6. The molecule has 0 saturated heterocycles. The number of hydrogen-bond acceptors (Lipinski definition) is 6. The Morgan fingerprint density at radius 3 is 2.47 bits per heavy atom. The predicted octanol–water partition coefficient (Wildman–Crippen LogP) is 2.13. The zero-order valence-corrected chi connectivity index (χ0v) is 12.0. The molecule has 0 bridgehead atoms. The second-order valence-electron chi connectivity index (χ2n) is 5.27. The first-order valence-corrected chi connectivity index (χ1v) is 6.15. The number of hydrogen-bond donors (Lipinski definition) is 2.